The van der Waals surface area contributed by atoms with E-state index < -0.39 is 5.97 Å². The number of carboxylic acid groups (broad SMARTS) is 1. The lowest BCUT2D eigenvalue weighted by Gasteiger charge is -2.12. The number of nitrogens with zero attached hydrogens (tertiary/aromatic N) is 3. The Bertz CT molecular complexity index is 488. The zero-order chi connectivity index (χ0) is 13.7. The number of carbonyl (C=O) groups is 2. The Balaban J connectivity index is 1.67. The zero-order valence-electron chi connectivity index (χ0n) is 10.2. The molecule has 1 heterocycles. The van der Waals surface area contributed by atoms with Gasteiger partial charge in [0.05, 0.1) is 12.7 Å². The van der Waals surface area contributed by atoms with Crippen molar-refractivity contribution >= 4 is 12.0 Å². The zero-order valence-corrected chi connectivity index (χ0v) is 10.2. The van der Waals surface area contributed by atoms with E-state index >= 15 is 0 Å². The molecular formula is C11H15N5O3. The van der Waals surface area contributed by atoms with E-state index in [0.717, 1.165) is 12.8 Å². The normalized spacial score (nSPS) is 14.5. The molecule has 2 rings (SSSR count). The highest BCUT2D eigenvalue weighted by Crippen LogP contribution is 2.08. The number of aromatic carboxylic acids is 1. The summed E-state index contributed by atoms with van der Waals surface area (Å²) in [5.74, 6) is -1.12. The Hall–Kier alpha value is -2.38. The minimum Gasteiger partial charge on any atom is -0.476 e. The second-order valence-corrected chi connectivity index (χ2v) is 4.21. The molecule has 0 aliphatic heterocycles. The van der Waals surface area contributed by atoms with Crippen LogP contribution >= 0.6 is 0 Å². The maximum absolute atomic E-state index is 11.5. The van der Waals surface area contributed by atoms with Crippen molar-refractivity contribution in [1.82, 2.24) is 25.6 Å². The number of rotatable bonds is 5. The van der Waals surface area contributed by atoms with Crippen molar-refractivity contribution < 1.29 is 14.7 Å². The molecule has 0 unspecified atom stereocenters. The third-order valence-corrected chi connectivity index (χ3v) is 2.73. The molecule has 0 saturated carbocycles. The first-order valence-corrected chi connectivity index (χ1v) is 5.98. The van der Waals surface area contributed by atoms with E-state index in [1.807, 2.05) is 12.2 Å². The van der Waals surface area contributed by atoms with Crippen molar-refractivity contribution in [2.24, 2.45) is 0 Å². The fourth-order valence-electron chi connectivity index (χ4n) is 1.76. The molecule has 1 aromatic rings. The predicted molar refractivity (Wildman–Crippen MR) is 65.7 cm³/mol. The topological polar surface area (TPSA) is 109 Å². The SMILES string of the molecule is O=C(NCCn1cc(C(=O)O)nn1)NC1CC=CC1. The maximum Gasteiger partial charge on any atom is 0.358 e. The number of aromatic nitrogens is 3. The Morgan fingerprint density at radius 1 is 1.42 bits per heavy atom. The van der Waals surface area contributed by atoms with Gasteiger partial charge in [-0.2, -0.15) is 0 Å². The molecule has 0 saturated heterocycles. The Kier molecular flexibility index (Phi) is 4.11. The third kappa shape index (κ3) is 3.80. The highest BCUT2D eigenvalue weighted by atomic mass is 16.4. The first-order valence-electron chi connectivity index (χ1n) is 5.98. The number of carbonyl (C=O) groups excluding carboxylic acids is 1. The number of hydrogen-bond donors (Lipinski definition) is 3. The van der Waals surface area contributed by atoms with E-state index in [1.165, 1.54) is 10.9 Å². The van der Waals surface area contributed by atoms with E-state index in [2.05, 4.69) is 20.9 Å². The standard InChI is InChI=1S/C11H15N5O3/c17-10(18)9-7-16(15-14-9)6-5-12-11(19)13-8-3-1-2-4-8/h1-2,7-8H,3-6H2,(H,17,18)(H2,12,13,19). The molecule has 19 heavy (non-hydrogen) atoms. The van der Waals surface area contributed by atoms with Crippen LogP contribution in [-0.2, 0) is 6.54 Å². The van der Waals surface area contributed by atoms with Gasteiger partial charge < -0.3 is 15.7 Å². The van der Waals surface area contributed by atoms with Crippen LogP contribution in [-0.4, -0.2) is 44.7 Å². The molecule has 0 fully saturated rings. The summed E-state index contributed by atoms with van der Waals surface area (Å²) in [5, 5.41) is 21.3. The molecule has 8 nitrogen and oxygen atoms in total. The summed E-state index contributed by atoms with van der Waals surface area (Å²) in [5.41, 5.74) is -0.110. The summed E-state index contributed by atoms with van der Waals surface area (Å²) in [4.78, 5) is 22.1. The Labute approximate surface area is 109 Å². The van der Waals surface area contributed by atoms with Gasteiger partial charge in [0.2, 0.25) is 0 Å². The third-order valence-electron chi connectivity index (χ3n) is 2.73. The number of amides is 2. The summed E-state index contributed by atoms with van der Waals surface area (Å²) >= 11 is 0. The number of carboxylic acids is 1. The highest BCUT2D eigenvalue weighted by Gasteiger charge is 2.12. The van der Waals surface area contributed by atoms with Gasteiger partial charge in [0.25, 0.3) is 0 Å². The molecule has 1 aliphatic rings. The average molecular weight is 265 g/mol. The molecule has 1 aliphatic carbocycles. The molecule has 0 atom stereocenters. The van der Waals surface area contributed by atoms with Gasteiger partial charge in [0.1, 0.15) is 0 Å². The van der Waals surface area contributed by atoms with Crippen LogP contribution < -0.4 is 10.6 Å². The second-order valence-electron chi connectivity index (χ2n) is 4.21. The van der Waals surface area contributed by atoms with Crippen molar-refractivity contribution in [3.05, 3.63) is 24.0 Å². The minimum absolute atomic E-state index is 0.110. The lowest BCUT2D eigenvalue weighted by Crippen LogP contribution is -2.42. The number of nitrogens with one attached hydrogen (secondary N) is 2. The Morgan fingerprint density at radius 3 is 2.79 bits per heavy atom. The van der Waals surface area contributed by atoms with Crippen molar-refractivity contribution in [2.75, 3.05) is 6.54 Å². The van der Waals surface area contributed by atoms with Crippen LogP contribution in [0.15, 0.2) is 18.3 Å². The lowest BCUT2D eigenvalue weighted by atomic mass is 10.2. The van der Waals surface area contributed by atoms with Gasteiger partial charge >= 0.3 is 12.0 Å². The molecule has 0 spiro atoms. The summed E-state index contributed by atoms with van der Waals surface area (Å²) in [7, 11) is 0. The lowest BCUT2D eigenvalue weighted by molar-refractivity contribution is 0.0690. The second kappa shape index (κ2) is 5.98. The molecule has 102 valence electrons. The van der Waals surface area contributed by atoms with Crippen molar-refractivity contribution in [1.29, 1.82) is 0 Å². The molecule has 0 aromatic carbocycles. The first-order chi connectivity index (χ1) is 9.15. The molecular weight excluding hydrogens is 250 g/mol. The molecule has 0 bridgehead atoms. The van der Waals surface area contributed by atoms with Gasteiger partial charge in [-0.05, 0) is 12.8 Å². The van der Waals surface area contributed by atoms with E-state index in [-0.39, 0.29) is 17.8 Å². The molecule has 8 heteroatoms. The molecule has 1 aromatic heterocycles. The van der Waals surface area contributed by atoms with Gasteiger partial charge in [-0.15, -0.1) is 5.10 Å². The van der Waals surface area contributed by atoms with Crippen molar-refractivity contribution in [2.45, 2.75) is 25.4 Å². The van der Waals surface area contributed by atoms with E-state index in [1.54, 1.807) is 0 Å². The summed E-state index contributed by atoms with van der Waals surface area (Å²) in [6, 6.07) is -0.0581. The first kappa shape index (κ1) is 13.1. The molecule has 0 radical (unpaired) electrons. The Morgan fingerprint density at radius 2 is 2.16 bits per heavy atom. The van der Waals surface area contributed by atoms with Crippen LogP contribution in [0.1, 0.15) is 23.3 Å². The highest BCUT2D eigenvalue weighted by molar-refractivity contribution is 5.84. The van der Waals surface area contributed by atoms with Gasteiger partial charge in [-0.3, -0.25) is 0 Å². The van der Waals surface area contributed by atoms with Crippen LogP contribution in [0, 0.1) is 0 Å². The van der Waals surface area contributed by atoms with Crippen LogP contribution in [0.5, 0.6) is 0 Å². The molecule has 3 N–H and O–H groups in total. The quantitative estimate of drug-likeness (QED) is 0.649. The maximum atomic E-state index is 11.5. The number of hydrogen-bond acceptors (Lipinski definition) is 4. The van der Waals surface area contributed by atoms with Crippen LogP contribution in [0.3, 0.4) is 0 Å². The van der Waals surface area contributed by atoms with Gasteiger partial charge in [0.15, 0.2) is 5.69 Å². The fraction of sp³-hybridized carbons (Fsp3) is 0.455. The predicted octanol–water partition coefficient (Wildman–Crippen LogP) is -0.00590. The van der Waals surface area contributed by atoms with Gasteiger partial charge in [0, 0.05) is 12.6 Å². The fourth-order valence-corrected chi connectivity index (χ4v) is 1.76. The minimum atomic E-state index is -1.12. The summed E-state index contributed by atoms with van der Waals surface area (Å²) < 4.78 is 1.38. The summed E-state index contributed by atoms with van der Waals surface area (Å²) in [6.07, 6.45) is 7.11. The van der Waals surface area contributed by atoms with Crippen LogP contribution in [0.2, 0.25) is 0 Å². The average Bonchev–Trinajstić information content (AvgIpc) is 3.00. The van der Waals surface area contributed by atoms with Crippen LogP contribution in [0.25, 0.3) is 0 Å². The summed E-state index contributed by atoms with van der Waals surface area (Å²) in [6.45, 7) is 0.727. The number of urea groups is 1. The van der Waals surface area contributed by atoms with E-state index in [0.29, 0.717) is 13.1 Å². The van der Waals surface area contributed by atoms with Gasteiger partial charge in [-0.25, -0.2) is 14.3 Å². The van der Waals surface area contributed by atoms with E-state index in [4.69, 9.17) is 5.11 Å². The van der Waals surface area contributed by atoms with E-state index in [9.17, 15) is 9.59 Å². The van der Waals surface area contributed by atoms with Crippen molar-refractivity contribution in [3.63, 3.8) is 0 Å². The molecule has 2 amide bonds. The van der Waals surface area contributed by atoms with Crippen molar-refractivity contribution in [3.8, 4) is 0 Å². The van der Waals surface area contributed by atoms with Gasteiger partial charge in [-0.1, -0.05) is 17.4 Å². The van der Waals surface area contributed by atoms with Crippen LogP contribution in [0.4, 0.5) is 4.79 Å². The largest absolute Gasteiger partial charge is 0.476 e. The smallest absolute Gasteiger partial charge is 0.358 e. The monoisotopic (exact) mass is 265 g/mol.